The van der Waals surface area contributed by atoms with Crippen LogP contribution in [0.1, 0.15) is 24.4 Å². The molecule has 1 fully saturated rings. The van der Waals surface area contributed by atoms with Crippen LogP contribution in [-0.2, 0) is 23.0 Å². The molecule has 9 heteroatoms. The smallest absolute Gasteiger partial charge is 0.230 e. The zero-order chi connectivity index (χ0) is 20.9. The van der Waals surface area contributed by atoms with Gasteiger partial charge in [-0.1, -0.05) is 23.4 Å². The normalized spacial score (nSPS) is 16.1. The Kier molecular flexibility index (Phi) is 6.76. The average Bonchev–Trinajstić information content (AvgIpc) is 3.48. The highest BCUT2D eigenvalue weighted by atomic mass is 35.5. The summed E-state index contributed by atoms with van der Waals surface area (Å²) >= 11 is 7.44. The molecule has 1 aromatic carbocycles. The fourth-order valence-corrected chi connectivity index (χ4v) is 4.34. The van der Waals surface area contributed by atoms with Crippen LogP contribution in [0, 0.1) is 0 Å². The van der Waals surface area contributed by atoms with E-state index >= 15 is 0 Å². The quantitative estimate of drug-likeness (QED) is 0.539. The second-order valence-electron chi connectivity index (χ2n) is 7.23. The van der Waals surface area contributed by atoms with E-state index in [2.05, 4.69) is 26.1 Å². The van der Waals surface area contributed by atoms with Gasteiger partial charge < -0.3 is 14.6 Å². The third kappa shape index (κ3) is 5.06. The van der Waals surface area contributed by atoms with E-state index in [0.717, 1.165) is 36.7 Å². The Morgan fingerprint density at radius 3 is 2.83 bits per heavy atom. The molecule has 158 valence electrons. The Labute approximate surface area is 184 Å². The van der Waals surface area contributed by atoms with Crippen LogP contribution in [0.15, 0.2) is 47.8 Å². The lowest BCUT2D eigenvalue weighted by molar-refractivity contribution is -0.119. The number of rotatable bonds is 8. The molecule has 0 saturated carbocycles. The molecule has 1 atom stereocenters. The van der Waals surface area contributed by atoms with E-state index in [-0.39, 0.29) is 17.8 Å². The fourth-order valence-electron chi connectivity index (χ4n) is 3.41. The van der Waals surface area contributed by atoms with Crippen molar-refractivity contribution in [2.24, 2.45) is 7.05 Å². The Hall–Kier alpha value is -2.29. The van der Waals surface area contributed by atoms with Crippen molar-refractivity contribution in [3.05, 3.63) is 59.1 Å². The van der Waals surface area contributed by atoms with Crippen molar-refractivity contribution in [2.75, 3.05) is 18.9 Å². The van der Waals surface area contributed by atoms with Gasteiger partial charge in [-0.2, -0.15) is 0 Å². The van der Waals surface area contributed by atoms with E-state index in [1.807, 2.05) is 48.1 Å². The van der Waals surface area contributed by atoms with Gasteiger partial charge >= 0.3 is 0 Å². The number of ether oxygens (including phenoxy) is 1. The number of carbonyl (C=O) groups excluding carboxylic acids is 1. The van der Waals surface area contributed by atoms with Crippen molar-refractivity contribution in [2.45, 2.75) is 30.5 Å². The number of thioether (sulfide) groups is 1. The lowest BCUT2D eigenvalue weighted by Gasteiger charge is -2.12. The highest BCUT2D eigenvalue weighted by molar-refractivity contribution is 7.99. The minimum absolute atomic E-state index is 0.0369. The first-order valence-corrected chi connectivity index (χ1v) is 11.3. The molecular weight excluding hydrogens is 422 g/mol. The molecule has 3 aromatic rings. The topological polar surface area (TPSA) is 74.0 Å². The Balaban J connectivity index is 1.49. The molecule has 0 bridgehead atoms. The summed E-state index contributed by atoms with van der Waals surface area (Å²) in [5, 5.41) is 13.1. The van der Waals surface area contributed by atoms with Crippen LogP contribution in [0.2, 0.25) is 5.02 Å². The summed E-state index contributed by atoms with van der Waals surface area (Å²) < 4.78 is 9.60. The number of carbonyl (C=O) groups is 1. The molecule has 4 rings (SSSR count). The van der Waals surface area contributed by atoms with Crippen molar-refractivity contribution >= 4 is 29.3 Å². The molecular formula is C21H24ClN5O2S. The molecule has 1 saturated heterocycles. The van der Waals surface area contributed by atoms with Gasteiger partial charge in [-0.3, -0.25) is 9.36 Å². The number of aromatic nitrogens is 4. The second kappa shape index (κ2) is 9.68. The van der Waals surface area contributed by atoms with Gasteiger partial charge in [-0.15, -0.1) is 10.2 Å². The average molecular weight is 446 g/mol. The lowest BCUT2D eigenvalue weighted by Crippen LogP contribution is -2.32. The minimum atomic E-state index is -0.0369. The van der Waals surface area contributed by atoms with Gasteiger partial charge in [-0.05, 0) is 49.2 Å². The summed E-state index contributed by atoms with van der Waals surface area (Å²) in [6.45, 7) is 1.34. The number of halogens is 1. The van der Waals surface area contributed by atoms with E-state index in [4.69, 9.17) is 16.3 Å². The Bertz CT molecular complexity index is 995. The maximum Gasteiger partial charge on any atom is 0.230 e. The third-order valence-corrected chi connectivity index (χ3v) is 6.24. The van der Waals surface area contributed by atoms with Crippen molar-refractivity contribution in [3.8, 4) is 5.69 Å². The summed E-state index contributed by atoms with van der Waals surface area (Å²) in [6, 6.07) is 11.6. The van der Waals surface area contributed by atoms with Gasteiger partial charge in [0, 0.05) is 49.2 Å². The molecule has 2 aromatic heterocycles. The van der Waals surface area contributed by atoms with E-state index in [1.54, 1.807) is 0 Å². The van der Waals surface area contributed by atoms with Crippen molar-refractivity contribution < 1.29 is 9.53 Å². The maximum atomic E-state index is 12.3. The van der Waals surface area contributed by atoms with E-state index in [1.165, 1.54) is 11.8 Å². The van der Waals surface area contributed by atoms with Crippen LogP contribution in [0.25, 0.3) is 5.69 Å². The monoisotopic (exact) mass is 445 g/mol. The molecule has 0 unspecified atom stereocenters. The number of hydrogen-bond acceptors (Lipinski definition) is 5. The SMILES string of the molecule is Cn1cccc1Cc1nnc(SCC(=O)NC[C@@H]2CCCO2)n1-c1ccc(Cl)cc1. The van der Waals surface area contributed by atoms with Crippen molar-refractivity contribution in [1.82, 2.24) is 24.6 Å². The summed E-state index contributed by atoms with van der Waals surface area (Å²) in [6.07, 6.45) is 4.83. The maximum absolute atomic E-state index is 12.3. The Morgan fingerprint density at radius 2 is 2.13 bits per heavy atom. The van der Waals surface area contributed by atoms with Crippen LogP contribution in [0.4, 0.5) is 0 Å². The summed E-state index contributed by atoms with van der Waals surface area (Å²) in [5.74, 6) is 1.04. The van der Waals surface area contributed by atoms with E-state index < -0.39 is 0 Å². The van der Waals surface area contributed by atoms with Crippen LogP contribution in [-0.4, -0.2) is 50.2 Å². The van der Waals surface area contributed by atoms with Gasteiger partial charge in [0.15, 0.2) is 5.16 Å². The standard InChI is InChI=1S/C21H24ClN5O2S/c1-26-10-2-4-17(26)12-19-24-25-21(27(19)16-8-6-15(22)7-9-16)30-14-20(28)23-13-18-5-3-11-29-18/h2,4,6-10,18H,3,5,11-14H2,1H3,(H,23,28)/t18-/m0/s1. The molecule has 0 radical (unpaired) electrons. The predicted octanol–water partition coefficient (Wildman–Crippen LogP) is 3.24. The molecule has 0 spiro atoms. The van der Waals surface area contributed by atoms with Crippen LogP contribution in [0.3, 0.4) is 0 Å². The Morgan fingerprint density at radius 1 is 1.30 bits per heavy atom. The first kappa shape index (κ1) is 21.0. The van der Waals surface area contributed by atoms with Gasteiger partial charge in [0.2, 0.25) is 5.91 Å². The largest absolute Gasteiger partial charge is 0.376 e. The van der Waals surface area contributed by atoms with Crippen molar-refractivity contribution in [3.63, 3.8) is 0 Å². The molecule has 1 aliphatic rings. The molecule has 7 nitrogen and oxygen atoms in total. The second-order valence-corrected chi connectivity index (χ2v) is 8.60. The predicted molar refractivity (Wildman–Crippen MR) is 117 cm³/mol. The first-order valence-electron chi connectivity index (χ1n) is 9.91. The minimum Gasteiger partial charge on any atom is -0.376 e. The van der Waals surface area contributed by atoms with Gasteiger partial charge in [0.05, 0.1) is 11.9 Å². The van der Waals surface area contributed by atoms with Crippen LogP contribution < -0.4 is 5.32 Å². The molecule has 30 heavy (non-hydrogen) atoms. The summed E-state index contributed by atoms with van der Waals surface area (Å²) in [5.41, 5.74) is 2.04. The fraction of sp³-hybridized carbons (Fsp3) is 0.381. The number of hydrogen-bond donors (Lipinski definition) is 1. The number of nitrogens with zero attached hydrogens (tertiary/aromatic N) is 4. The van der Waals surface area contributed by atoms with Gasteiger partial charge in [0.1, 0.15) is 5.82 Å². The van der Waals surface area contributed by atoms with E-state index in [9.17, 15) is 4.79 Å². The molecule has 1 aliphatic heterocycles. The summed E-state index contributed by atoms with van der Waals surface area (Å²) in [4.78, 5) is 12.3. The molecule has 3 heterocycles. The van der Waals surface area contributed by atoms with Crippen LogP contribution in [0.5, 0.6) is 0 Å². The first-order chi connectivity index (χ1) is 14.6. The zero-order valence-corrected chi connectivity index (χ0v) is 18.3. The highest BCUT2D eigenvalue weighted by Crippen LogP contribution is 2.24. The molecule has 1 amide bonds. The highest BCUT2D eigenvalue weighted by Gasteiger charge is 2.19. The summed E-state index contributed by atoms with van der Waals surface area (Å²) in [7, 11) is 2.01. The number of amides is 1. The number of nitrogens with one attached hydrogen (secondary N) is 1. The molecule has 1 N–H and O–H groups in total. The third-order valence-electron chi connectivity index (χ3n) is 5.06. The molecule has 0 aliphatic carbocycles. The van der Waals surface area contributed by atoms with Crippen molar-refractivity contribution in [1.29, 1.82) is 0 Å². The zero-order valence-electron chi connectivity index (χ0n) is 16.8. The lowest BCUT2D eigenvalue weighted by atomic mass is 10.2. The van der Waals surface area contributed by atoms with Gasteiger partial charge in [0.25, 0.3) is 0 Å². The van der Waals surface area contributed by atoms with Crippen LogP contribution >= 0.6 is 23.4 Å². The van der Waals surface area contributed by atoms with E-state index in [0.29, 0.717) is 23.1 Å². The van der Waals surface area contributed by atoms with Gasteiger partial charge in [-0.25, -0.2) is 0 Å². The number of benzene rings is 1. The number of aryl methyl sites for hydroxylation is 1.